The quantitative estimate of drug-likeness (QED) is 0.180. The number of para-hydroxylation sites is 1. The minimum atomic E-state index is 0.587. The molecular weight excluding hydrogens is 589 g/mol. The molecule has 9 aromatic rings. The summed E-state index contributed by atoms with van der Waals surface area (Å²) in [6.07, 6.45) is 5.58. The van der Waals surface area contributed by atoms with Crippen molar-refractivity contribution in [3.05, 3.63) is 158 Å². The third-order valence-electron chi connectivity index (χ3n) is 8.59. The van der Waals surface area contributed by atoms with Crippen molar-refractivity contribution in [1.29, 1.82) is 0 Å². The van der Waals surface area contributed by atoms with E-state index in [-0.39, 0.29) is 0 Å². The van der Waals surface area contributed by atoms with E-state index in [2.05, 4.69) is 53.5 Å². The Balaban J connectivity index is 1.33. The van der Waals surface area contributed by atoms with Crippen molar-refractivity contribution < 1.29 is 0 Å². The van der Waals surface area contributed by atoms with E-state index in [1.165, 1.54) is 0 Å². The Morgan fingerprint density at radius 2 is 0.938 bits per heavy atom. The lowest BCUT2D eigenvalue weighted by Crippen LogP contribution is -2.00. The van der Waals surface area contributed by atoms with E-state index in [1.54, 1.807) is 0 Å². The van der Waals surface area contributed by atoms with Crippen LogP contribution in [-0.2, 0) is 0 Å². The zero-order chi connectivity index (χ0) is 31.9. The molecule has 4 heterocycles. The number of pyridine rings is 3. The van der Waals surface area contributed by atoms with Crippen LogP contribution < -0.4 is 0 Å². The molecule has 0 N–H and O–H groups in total. The number of nitrogens with zero attached hydrogens (tertiary/aromatic N) is 6. The lowest BCUT2D eigenvalue weighted by molar-refractivity contribution is 1.07. The van der Waals surface area contributed by atoms with Gasteiger partial charge in [0.1, 0.15) is 0 Å². The number of hydrogen-bond donors (Lipinski definition) is 0. The molecule has 4 aromatic heterocycles. The Hall–Kier alpha value is -6.66. The monoisotopic (exact) mass is 614 g/mol. The van der Waals surface area contributed by atoms with E-state index >= 15 is 0 Å². The van der Waals surface area contributed by atoms with Gasteiger partial charge < -0.3 is 0 Å². The molecule has 0 radical (unpaired) electrons. The molecule has 224 valence electrons. The Labute approximate surface area is 276 Å². The zero-order valence-corrected chi connectivity index (χ0v) is 25.7. The van der Waals surface area contributed by atoms with Gasteiger partial charge in [-0.2, -0.15) is 0 Å². The summed E-state index contributed by atoms with van der Waals surface area (Å²) in [5, 5.41) is 3.12. The molecule has 0 saturated carbocycles. The van der Waals surface area contributed by atoms with E-state index < -0.39 is 0 Å². The predicted octanol–water partition coefficient (Wildman–Crippen LogP) is 9.85. The first-order valence-corrected chi connectivity index (χ1v) is 15.8. The minimum absolute atomic E-state index is 0.587. The van der Waals surface area contributed by atoms with Crippen molar-refractivity contribution in [2.75, 3.05) is 0 Å². The lowest BCUT2D eigenvalue weighted by atomic mass is 9.92. The predicted molar refractivity (Wildman–Crippen MR) is 193 cm³/mol. The molecule has 0 fully saturated rings. The van der Waals surface area contributed by atoms with E-state index in [9.17, 15) is 0 Å². The second-order valence-electron chi connectivity index (χ2n) is 11.7. The summed E-state index contributed by atoms with van der Waals surface area (Å²) in [6.45, 7) is 0. The molecule has 0 spiro atoms. The molecule has 6 heteroatoms. The van der Waals surface area contributed by atoms with Gasteiger partial charge >= 0.3 is 0 Å². The summed E-state index contributed by atoms with van der Waals surface area (Å²) in [4.78, 5) is 29.3. The van der Waals surface area contributed by atoms with Crippen molar-refractivity contribution >= 4 is 32.7 Å². The number of aromatic nitrogens is 6. The molecule has 0 aliphatic rings. The van der Waals surface area contributed by atoms with Gasteiger partial charge in [0.15, 0.2) is 17.5 Å². The van der Waals surface area contributed by atoms with Crippen molar-refractivity contribution in [2.24, 2.45) is 0 Å². The Bertz CT molecular complexity index is 2560. The van der Waals surface area contributed by atoms with Crippen LogP contribution in [0.3, 0.4) is 0 Å². The SMILES string of the molecule is c1ccc(-c2nc(-c3ccccc3)nc(-c3cc(-c4cnc5ccccc5c4)cc(-c4cc5cccnc5c5ncccc45)c3)n2)cc1. The molecule has 6 nitrogen and oxygen atoms in total. The van der Waals surface area contributed by atoms with Gasteiger partial charge in [-0.05, 0) is 65.2 Å². The molecule has 0 bridgehead atoms. The van der Waals surface area contributed by atoms with Crippen LogP contribution in [0.5, 0.6) is 0 Å². The first kappa shape index (κ1) is 27.6. The van der Waals surface area contributed by atoms with E-state index in [0.29, 0.717) is 17.5 Å². The second-order valence-corrected chi connectivity index (χ2v) is 11.7. The van der Waals surface area contributed by atoms with Gasteiger partial charge in [-0.15, -0.1) is 0 Å². The molecule has 0 saturated heterocycles. The van der Waals surface area contributed by atoms with E-state index in [4.69, 9.17) is 24.9 Å². The highest BCUT2D eigenvalue weighted by Crippen LogP contribution is 2.38. The highest BCUT2D eigenvalue weighted by molar-refractivity contribution is 6.10. The van der Waals surface area contributed by atoms with Gasteiger partial charge in [-0.3, -0.25) is 15.0 Å². The second kappa shape index (κ2) is 11.6. The maximum Gasteiger partial charge on any atom is 0.164 e. The van der Waals surface area contributed by atoms with Crippen LogP contribution in [0.1, 0.15) is 0 Å². The highest BCUT2D eigenvalue weighted by atomic mass is 15.0. The smallest absolute Gasteiger partial charge is 0.164 e. The third kappa shape index (κ3) is 5.02. The molecule has 0 aliphatic heterocycles. The van der Waals surface area contributed by atoms with E-state index in [1.807, 2.05) is 110 Å². The number of fused-ring (bicyclic) bond motifs is 4. The molecule has 0 unspecified atom stereocenters. The van der Waals surface area contributed by atoms with Gasteiger partial charge in [-0.25, -0.2) is 15.0 Å². The fourth-order valence-corrected chi connectivity index (χ4v) is 6.26. The molecular formula is C42H26N6. The highest BCUT2D eigenvalue weighted by Gasteiger charge is 2.17. The third-order valence-corrected chi connectivity index (χ3v) is 8.59. The maximum atomic E-state index is 5.07. The summed E-state index contributed by atoms with van der Waals surface area (Å²) < 4.78 is 0. The molecule has 9 rings (SSSR count). The van der Waals surface area contributed by atoms with Crippen LogP contribution in [0.25, 0.3) is 89.1 Å². The number of hydrogen-bond acceptors (Lipinski definition) is 6. The first-order valence-electron chi connectivity index (χ1n) is 15.8. The van der Waals surface area contributed by atoms with E-state index in [0.717, 1.165) is 71.7 Å². The largest absolute Gasteiger partial charge is 0.256 e. The van der Waals surface area contributed by atoms with Crippen molar-refractivity contribution in [1.82, 2.24) is 29.9 Å². The topological polar surface area (TPSA) is 77.3 Å². The van der Waals surface area contributed by atoms with Gasteiger partial charge in [-0.1, -0.05) is 91.0 Å². The van der Waals surface area contributed by atoms with Gasteiger partial charge in [0.2, 0.25) is 0 Å². The Kier molecular flexibility index (Phi) is 6.68. The standard InChI is InChI=1S/C42H26N6/c1-3-11-27(12-4-1)40-46-41(28-13-5-2-6-14-28)48-42(47-40)33-23-31(34-21-29-15-7-8-18-37(29)45-26-34)22-32(24-33)36-25-30-16-9-19-43-38(30)39-35(36)17-10-20-44-39/h1-26H. The van der Waals surface area contributed by atoms with Crippen LogP contribution in [0.4, 0.5) is 0 Å². The van der Waals surface area contributed by atoms with Crippen molar-refractivity contribution in [3.8, 4) is 56.4 Å². The van der Waals surface area contributed by atoms with Gasteiger partial charge in [0.25, 0.3) is 0 Å². The first-order chi connectivity index (χ1) is 23.8. The Morgan fingerprint density at radius 3 is 1.69 bits per heavy atom. The minimum Gasteiger partial charge on any atom is -0.256 e. The number of rotatable bonds is 5. The van der Waals surface area contributed by atoms with Crippen LogP contribution in [0, 0.1) is 0 Å². The summed E-state index contributed by atoms with van der Waals surface area (Å²) in [7, 11) is 0. The molecule has 0 aliphatic carbocycles. The van der Waals surface area contributed by atoms with Crippen molar-refractivity contribution in [3.63, 3.8) is 0 Å². The fraction of sp³-hybridized carbons (Fsp3) is 0. The van der Waals surface area contributed by atoms with Crippen LogP contribution in [-0.4, -0.2) is 29.9 Å². The summed E-state index contributed by atoms with van der Waals surface area (Å²) >= 11 is 0. The molecule has 48 heavy (non-hydrogen) atoms. The fourth-order valence-electron chi connectivity index (χ4n) is 6.26. The zero-order valence-electron chi connectivity index (χ0n) is 25.7. The summed E-state index contributed by atoms with van der Waals surface area (Å²) in [6, 6.07) is 47.3. The normalized spacial score (nSPS) is 11.3. The lowest BCUT2D eigenvalue weighted by Gasteiger charge is -2.14. The van der Waals surface area contributed by atoms with Crippen LogP contribution >= 0.6 is 0 Å². The van der Waals surface area contributed by atoms with Crippen LogP contribution in [0.2, 0.25) is 0 Å². The summed E-state index contributed by atoms with van der Waals surface area (Å²) in [5.74, 6) is 1.82. The van der Waals surface area contributed by atoms with Crippen LogP contribution in [0.15, 0.2) is 158 Å². The van der Waals surface area contributed by atoms with Gasteiger partial charge in [0.05, 0.1) is 16.6 Å². The maximum absolute atomic E-state index is 5.07. The van der Waals surface area contributed by atoms with Gasteiger partial charge in [0, 0.05) is 57.0 Å². The Morgan fingerprint density at radius 1 is 0.354 bits per heavy atom. The average molecular weight is 615 g/mol. The average Bonchev–Trinajstić information content (AvgIpc) is 3.17. The molecule has 5 aromatic carbocycles. The van der Waals surface area contributed by atoms with Crippen molar-refractivity contribution in [2.45, 2.75) is 0 Å². The number of benzene rings is 5. The summed E-state index contributed by atoms with van der Waals surface area (Å²) in [5.41, 5.74) is 9.49. The molecule has 0 atom stereocenters. The molecule has 0 amide bonds.